The van der Waals surface area contributed by atoms with E-state index in [0.717, 1.165) is 33.5 Å². The van der Waals surface area contributed by atoms with Crippen molar-refractivity contribution < 1.29 is 0 Å². The number of para-hydroxylation sites is 4. The lowest BCUT2D eigenvalue weighted by molar-refractivity contribution is 0.830. The largest absolute Gasteiger partial charge is 0.253 e. The summed E-state index contributed by atoms with van der Waals surface area (Å²) in [7, 11) is 0. The van der Waals surface area contributed by atoms with E-state index in [2.05, 4.69) is 16.9 Å². The molecule has 0 aliphatic heterocycles. The molecule has 0 unspecified atom stereocenters. The fourth-order valence-corrected chi connectivity index (χ4v) is 2.51. The molecule has 22 heavy (non-hydrogen) atoms. The second-order valence-corrected chi connectivity index (χ2v) is 5.29. The number of nitrogens with zero attached hydrogens (tertiary/aromatic N) is 4. The number of hydrogen-bond donors (Lipinski definition) is 0. The van der Waals surface area contributed by atoms with Crippen molar-refractivity contribution in [3.05, 3.63) is 72.3 Å². The molecule has 0 fully saturated rings. The standard InChI is InChI=1S/C18H14N4/c1-12(17-10-19-13-6-2-4-8-15(13)21-17)18-11-20-14-7-3-5-9-16(14)22-18/h2-12H,1H3. The van der Waals surface area contributed by atoms with Gasteiger partial charge in [-0.2, -0.15) is 0 Å². The highest BCUT2D eigenvalue weighted by atomic mass is 14.8. The van der Waals surface area contributed by atoms with Crippen LogP contribution in [0, 0.1) is 0 Å². The lowest BCUT2D eigenvalue weighted by Gasteiger charge is -2.11. The van der Waals surface area contributed by atoms with Gasteiger partial charge in [-0.25, -0.2) is 9.97 Å². The number of rotatable bonds is 2. The molecule has 4 rings (SSSR count). The summed E-state index contributed by atoms with van der Waals surface area (Å²) in [6.45, 7) is 2.08. The van der Waals surface area contributed by atoms with Crippen molar-refractivity contribution in [2.24, 2.45) is 0 Å². The van der Waals surface area contributed by atoms with Gasteiger partial charge in [0.15, 0.2) is 0 Å². The SMILES string of the molecule is CC(c1cnc2ccccc2n1)c1cnc2ccccc2n1. The summed E-state index contributed by atoms with van der Waals surface area (Å²) in [6.07, 6.45) is 3.65. The van der Waals surface area contributed by atoms with Crippen molar-refractivity contribution in [1.82, 2.24) is 19.9 Å². The molecule has 0 radical (unpaired) electrons. The van der Waals surface area contributed by atoms with Crippen molar-refractivity contribution in [3.63, 3.8) is 0 Å². The van der Waals surface area contributed by atoms with Gasteiger partial charge in [-0.05, 0) is 24.3 Å². The van der Waals surface area contributed by atoms with Crippen LogP contribution in [0.2, 0.25) is 0 Å². The molecule has 0 saturated carbocycles. The molecule has 0 bridgehead atoms. The smallest absolute Gasteiger partial charge is 0.0890 e. The van der Waals surface area contributed by atoms with Crippen molar-refractivity contribution >= 4 is 22.1 Å². The maximum Gasteiger partial charge on any atom is 0.0890 e. The summed E-state index contributed by atoms with van der Waals surface area (Å²) in [5, 5.41) is 0. The third-order valence-electron chi connectivity index (χ3n) is 3.82. The van der Waals surface area contributed by atoms with E-state index in [9.17, 15) is 0 Å². The van der Waals surface area contributed by atoms with E-state index in [1.807, 2.05) is 60.9 Å². The van der Waals surface area contributed by atoms with E-state index in [4.69, 9.17) is 9.97 Å². The molecule has 2 aromatic carbocycles. The molecule has 0 atom stereocenters. The Balaban J connectivity index is 1.78. The predicted octanol–water partition coefficient (Wildman–Crippen LogP) is 3.72. The maximum atomic E-state index is 4.70. The summed E-state index contributed by atoms with van der Waals surface area (Å²) in [6, 6.07) is 15.8. The van der Waals surface area contributed by atoms with Crippen LogP contribution in [-0.2, 0) is 0 Å². The molecule has 0 amide bonds. The number of benzene rings is 2. The highest BCUT2D eigenvalue weighted by Crippen LogP contribution is 2.22. The molecule has 4 heteroatoms. The fraction of sp³-hybridized carbons (Fsp3) is 0.111. The van der Waals surface area contributed by atoms with Crippen molar-refractivity contribution in [3.8, 4) is 0 Å². The lowest BCUT2D eigenvalue weighted by atomic mass is 10.0. The topological polar surface area (TPSA) is 51.6 Å². The Morgan fingerprint density at radius 1 is 0.636 bits per heavy atom. The molecule has 2 heterocycles. The highest BCUT2D eigenvalue weighted by molar-refractivity contribution is 5.74. The van der Waals surface area contributed by atoms with E-state index < -0.39 is 0 Å². The molecule has 106 valence electrons. The average molecular weight is 286 g/mol. The normalized spacial score (nSPS) is 11.4. The van der Waals surface area contributed by atoms with E-state index in [0.29, 0.717) is 0 Å². The van der Waals surface area contributed by atoms with Gasteiger partial charge < -0.3 is 0 Å². The maximum absolute atomic E-state index is 4.70. The number of aromatic nitrogens is 4. The number of hydrogen-bond acceptors (Lipinski definition) is 4. The van der Waals surface area contributed by atoms with Crippen LogP contribution in [0.3, 0.4) is 0 Å². The van der Waals surface area contributed by atoms with Crippen LogP contribution >= 0.6 is 0 Å². The average Bonchev–Trinajstić information content (AvgIpc) is 2.60. The molecule has 0 aliphatic carbocycles. The second-order valence-electron chi connectivity index (χ2n) is 5.29. The lowest BCUT2D eigenvalue weighted by Crippen LogP contribution is -2.04. The Morgan fingerprint density at radius 2 is 1.05 bits per heavy atom. The fourth-order valence-electron chi connectivity index (χ4n) is 2.51. The molecule has 0 saturated heterocycles. The van der Waals surface area contributed by atoms with Crippen LogP contribution < -0.4 is 0 Å². The minimum absolute atomic E-state index is 0.0502. The van der Waals surface area contributed by atoms with Crippen molar-refractivity contribution in [1.29, 1.82) is 0 Å². The molecular weight excluding hydrogens is 272 g/mol. The minimum Gasteiger partial charge on any atom is -0.253 e. The van der Waals surface area contributed by atoms with Gasteiger partial charge in [-0.3, -0.25) is 9.97 Å². The number of fused-ring (bicyclic) bond motifs is 2. The zero-order chi connectivity index (χ0) is 14.9. The van der Waals surface area contributed by atoms with Crippen LogP contribution in [0.1, 0.15) is 24.2 Å². The summed E-state index contributed by atoms with van der Waals surface area (Å²) < 4.78 is 0. The van der Waals surface area contributed by atoms with Crippen molar-refractivity contribution in [2.45, 2.75) is 12.8 Å². The van der Waals surface area contributed by atoms with Crippen LogP contribution in [0.25, 0.3) is 22.1 Å². The van der Waals surface area contributed by atoms with Gasteiger partial charge in [-0.15, -0.1) is 0 Å². The van der Waals surface area contributed by atoms with Gasteiger partial charge in [0.2, 0.25) is 0 Å². The van der Waals surface area contributed by atoms with Crippen LogP contribution in [0.4, 0.5) is 0 Å². The summed E-state index contributed by atoms with van der Waals surface area (Å²) in [4.78, 5) is 18.4. The van der Waals surface area contributed by atoms with Gasteiger partial charge in [0.1, 0.15) is 0 Å². The molecular formula is C18H14N4. The van der Waals surface area contributed by atoms with Gasteiger partial charge >= 0.3 is 0 Å². The zero-order valence-corrected chi connectivity index (χ0v) is 12.1. The van der Waals surface area contributed by atoms with Gasteiger partial charge in [0.05, 0.1) is 33.5 Å². The summed E-state index contributed by atoms with van der Waals surface area (Å²) >= 11 is 0. The Labute approximate surface area is 127 Å². The van der Waals surface area contributed by atoms with Gasteiger partial charge in [0.25, 0.3) is 0 Å². The van der Waals surface area contributed by atoms with E-state index in [1.54, 1.807) is 0 Å². The predicted molar refractivity (Wildman–Crippen MR) is 86.6 cm³/mol. The van der Waals surface area contributed by atoms with E-state index in [-0.39, 0.29) is 5.92 Å². The third-order valence-corrected chi connectivity index (χ3v) is 3.82. The third kappa shape index (κ3) is 2.19. The first kappa shape index (κ1) is 12.8. The van der Waals surface area contributed by atoms with Crippen LogP contribution in [-0.4, -0.2) is 19.9 Å². The van der Waals surface area contributed by atoms with Crippen molar-refractivity contribution in [2.75, 3.05) is 0 Å². The molecule has 0 N–H and O–H groups in total. The summed E-state index contributed by atoms with van der Waals surface area (Å²) in [5.41, 5.74) is 5.43. The minimum atomic E-state index is 0.0502. The Morgan fingerprint density at radius 3 is 1.50 bits per heavy atom. The zero-order valence-electron chi connectivity index (χ0n) is 12.1. The Kier molecular flexibility index (Phi) is 3.00. The molecule has 4 aromatic rings. The summed E-state index contributed by atoms with van der Waals surface area (Å²) in [5.74, 6) is 0.0502. The van der Waals surface area contributed by atoms with Crippen LogP contribution in [0.15, 0.2) is 60.9 Å². The first-order chi connectivity index (χ1) is 10.8. The molecule has 4 nitrogen and oxygen atoms in total. The Bertz CT molecular complexity index is 886. The van der Waals surface area contributed by atoms with Gasteiger partial charge in [0, 0.05) is 18.3 Å². The molecule has 0 spiro atoms. The van der Waals surface area contributed by atoms with Crippen LogP contribution in [0.5, 0.6) is 0 Å². The highest BCUT2D eigenvalue weighted by Gasteiger charge is 2.13. The Hall–Kier alpha value is -2.88. The first-order valence-electron chi connectivity index (χ1n) is 7.24. The van der Waals surface area contributed by atoms with E-state index >= 15 is 0 Å². The second kappa shape index (κ2) is 5.15. The quantitative estimate of drug-likeness (QED) is 0.563. The van der Waals surface area contributed by atoms with E-state index in [1.165, 1.54) is 0 Å². The van der Waals surface area contributed by atoms with Gasteiger partial charge in [-0.1, -0.05) is 31.2 Å². The molecule has 0 aliphatic rings. The first-order valence-corrected chi connectivity index (χ1v) is 7.24. The molecule has 2 aromatic heterocycles. The monoisotopic (exact) mass is 286 g/mol.